The molecule has 2 aromatic rings. The lowest BCUT2D eigenvalue weighted by Crippen LogP contribution is -2.19. The summed E-state index contributed by atoms with van der Waals surface area (Å²) >= 11 is 0. The van der Waals surface area contributed by atoms with Crippen molar-refractivity contribution in [1.29, 1.82) is 0 Å². The molecule has 0 spiro atoms. The summed E-state index contributed by atoms with van der Waals surface area (Å²) in [7, 11) is 1.58. The van der Waals surface area contributed by atoms with E-state index < -0.39 is 0 Å². The van der Waals surface area contributed by atoms with Crippen LogP contribution in [0.2, 0.25) is 0 Å². The van der Waals surface area contributed by atoms with Gasteiger partial charge in [0, 0.05) is 23.5 Å². The molecule has 2 N–H and O–H groups in total. The number of hydrogen-bond acceptors (Lipinski definition) is 4. The van der Waals surface area contributed by atoms with E-state index in [1.165, 1.54) is 23.2 Å². The third-order valence-corrected chi connectivity index (χ3v) is 2.44. The molecule has 0 aliphatic heterocycles. The molecule has 5 nitrogen and oxygen atoms in total. The zero-order valence-electron chi connectivity index (χ0n) is 9.46. The Balaban J connectivity index is 2.39. The van der Waals surface area contributed by atoms with Gasteiger partial charge in [0.15, 0.2) is 0 Å². The number of aromatic nitrogens is 2. The Bertz CT molecular complexity index is 578. The lowest BCUT2D eigenvalue weighted by atomic mass is 10.1. The molecule has 1 aromatic carbocycles. The quantitative estimate of drug-likeness (QED) is 0.796. The first-order chi connectivity index (χ1) is 8.20. The van der Waals surface area contributed by atoms with E-state index in [-0.39, 0.29) is 5.56 Å². The maximum Gasteiger partial charge on any atom is 0.253 e. The Labute approximate surface area is 98.5 Å². The van der Waals surface area contributed by atoms with Gasteiger partial charge in [-0.05, 0) is 18.2 Å². The molecule has 0 saturated carbocycles. The van der Waals surface area contributed by atoms with Gasteiger partial charge < -0.3 is 10.5 Å². The van der Waals surface area contributed by atoms with Crippen LogP contribution in [0.15, 0.2) is 41.6 Å². The summed E-state index contributed by atoms with van der Waals surface area (Å²) in [5.74, 6) is 0.704. The molecule has 0 radical (unpaired) electrons. The minimum Gasteiger partial charge on any atom is -0.496 e. The molecule has 2 rings (SSSR count). The molecule has 0 amide bonds. The second kappa shape index (κ2) is 4.69. The monoisotopic (exact) mass is 231 g/mol. The van der Waals surface area contributed by atoms with E-state index in [1.807, 2.05) is 0 Å². The van der Waals surface area contributed by atoms with Gasteiger partial charge in [-0.15, -0.1) is 0 Å². The summed E-state index contributed by atoms with van der Waals surface area (Å²) in [6.45, 7) is 0.390. The molecule has 0 fully saturated rings. The van der Waals surface area contributed by atoms with Gasteiger partial charge in [-0.2, -0.15) is 0 Å². The first kappa shape index (κ1) is 11.2. The molecular weight excluding hydrogens is 218 g/mol. The molecule has 0 atom stereocenters. The highest BCUT2D eigenvalue weighted by Crippen LogP contribution is 2.21. The number of anilines is 1. The number of rotatable bonds is 3. The third kappa shape index (κ3) is 2.44. The molecule has 0 saturated heterocycles. The minimum absolute atomic E-state index is 0.107. The second-order valence-corrected chi connectivity index (χ2v) is 3.62. The third-order valence-electron chi connectivity index (χ3n) is 2.44. The molecule has 0 aliphatic rings. The fourth-order valence-electron chi connectivity index (χ4n) is 1.60. The molecule has 1 heterocycles. The van der Waals surface area contributed by atoms with Crippen molar-refractivity contribution in [3.63, 3.8) is 0 Å². The predicted octanol–water partition coefficient (Wildman–Crippen LogP) is 0.882. The highest BCUT2D eigenvalue weighted by Gasteiger charge is 2.05. The Kier molecular flexibility index (Phi) is 3.09. The van der Waals surface area contributed by atoms with E-state index in [1.54, 1.807) is 25.3 Å². The van der Waals surface area contributed by atoms with Crippen LogP contribution in [0.4, 0.5) is 5.69 Å². The van der Waals surface area contributed by atoms with Crippen LogP contribution >= 0.6 is 0 Å². The maximum atomic E-state index is 11.6. The Morgan fingerprint density at radius 1 is 1.41 bits per heavy atom. The number of ether oxygens (including phenoxy) is 1. The SMILES string of the molecule is COc1ccc(N)cc1Cn1cnccc1=O. The van der Waals surface area contributed by atoms with Crippen LogP contribution in [0, 0.1) is 0 Å². The zero-order valence-corrected chi connectivity index (χ0v) is 9.46. The van der Waals surface area contributed by atoms with E-state index in [2.05, 4.69) is 4.98 Å². The topological polar surface area (TPSA) is 70.1 Å². The predicted molar refractivity (Wildman–Crippen MR) is 65.0 cm³/mol. The Hall–Kier alpha value is -2.30. The van der Waals surface area contributed by atoms with Crippen LogP contribution in [0.5, 0.6) is 5.75 Å². The fraction of sp³-hybridized carbons (Fsp3) is 0.167. The number of hydrogen-bond donors (Lipinski definition) is 1. The van der Waals surface area contributed by atoms with E-state index >= 15 is 0 Å². The van der Waals surface area contributed by atoms with Crippen molar-refractivity contribution in [3.05, 3.63) is 52.7 Å². The van der Waals surface area contributed by atoms with E-state index in [0.29, 0.717) is 18.0 Å². The highest BCUT2D eigenvalue weighted by molar-refractivity contribution is 5.47. The lowest BCUT2D eigenvalue weighted by Gasteiger charge is -2.10. The number of nitrogens with zero attached hydrogens (tertiary/aromatic N) is 2. The smallest absolute Gasteiger partial charge is 0.253 e. The van der Waals surface area contributed by atoms with E-state index in [0.717, 1.165) is 5.56 Å². The van der Waals surface area contributed by atoms with E-state index in [4.69, 9.17) is 10.5 Å². The van der Waals surface area contributed by atoms with Crippen molar-refractivity contribution >= 4 is 5.69 Å². The average Bonchev–Trinajstić information content (AvgIpc) is 2.32. The van der Waals surface area contributed by atoms with Crippen LogP contribution in [-0.2, 0) is 6.54 Å². The molecule has 88 valence electrons. The van der Waals surface area contributed by atoms with Gasteiger partial charge in [0.05, 0.1) is 20.0 Å². The summed E-state index contributed by atoms with van der Waals surface area (Å²) in [5.41, 5.74) is 7.09. The molecule has 0 unspecified atom stereocenters. The number of nitrogen functional groups attached to an aromatic ring is 1. The van der Waals surface area contributed by atoms with Crippen LogP contribution in [0.25, 0.3) is 0 Å². The maximum absolute atomic E-state index is 11.6. The van der Waals surface area contributed by atoms with Gasteiger partial charge >= 0.3 is 0 Å². The van der Waals surface area contributed by atoms with Gasteiger partial charge in [-0.25, -0.2) is 4.98 Å². The van der Waals surface area contributed by atoms with Crippen molar-refractivity contribution in [1.82, 2.24) is 9.55 Å². The molecular formula is C12H13N3O2. The normalized spacial score (nSPS) is 10.2. The first-order valence-corrected chi connectivity index (χ1v) is 5.13. The minimum atomic E-state index is -0.107. The average molecular weight is 231 g/mol. The number of benzene rings is 1. The van der Waals surface area contributed by atoms with Crippen LogP contribution in [-0.4, -0.2) is 16.7 Å². The van der Waals surface area contributed by atoms with Crippen LogP contribution in [0.1, 0.15) is 5.56 Å². The summed E-state index contributed by atoms with van der Waals surface area (Å²) < 4.78 is 6.72. The van der Waals surface area contributed by atoms with Crippen LogP contribution < -0.4 is 16.0 Å². The number of nitrogens with two attached hydrogens (primary N) is 1. The fourth-order valence-corrected chi connectivity index (χ4v) is 1.60. The van der Waals surface area contributed by atoms with Crippen molar-refractivity contribution in [2.24, 2.45) is 0 Å². The summed E-state index contributed by atoms with van der Waals surface area (Å²) in [5, 5.41) is 0. The largest absolute Gasteiger partial charge is 0.496 e. The Morgan fingerprint density at radius 3 is 2.94 bits per heavy atom. The standard InChI is InChI=1S/C12H13N3O2/c1-17-11-3-2-10(13)6-9(11)7-15-8-14-5-4-12(15)16/h2-6,8H,7,13H2,1H3. The van der Waals surface area contributed by atoms with Gasteiger partial charge in [0.25, 0.3) is 5.56 Å². The Morgan fingerprint density at radius 2 is 2.24 bits per heavy atom. The number of methoxy groups -OCH3 is 1. The zero-order chi connectivity index (χ0) is 12.3. The highest BCUT2D eigenvalue weighted by atomic mass is 16.5. The van der Waals surface area contributed by atoms with Crippen molar-refractivity contribution in [2.45, 2.75) is 6.54 Å². The van der Waals surface area contributed by atoms with Crippen molar-refractivity contribution in [2.75, 3.05) is 12.8 Å². The van der Waals surface area contributed by atoms with Crippen molar-refractivity contribution < 1.29 is 4.74 Å². The van der Waals surface area contributed by atoms with Crippen LogP contribution in [0.3, 0.4) is 0 Å². The lowest BCUT2D eigenvalue weighted by molar-refractivity contribution is 0.408. The van der Waals surface area contributed by atoms with Gasteiger partial charge in [-0.1, -0.05) is 0 Å². The van der Waals surface area contributed by atoms with Crippen molar-refractivity contribution in [3.8, 4) is 5.75 Å². The van der Waals surface area contributed by atoms with Gasteiger partial charge in [-0.3, -0.25) is 9.36 Å². The van der Waals surface area contributed by atoms with Gasteiger partial charge in [0.1, 0.15) is 5.75 Å². The summed E-state index contributed by atoms with van der Waals surface area (Å²) in [6.07, 6.45) is 2.96. The van der Waals surface area contributed by atoms with E-state index in [9.17, 15) is 4.79 Å². The van der Waals surface area contributed by atoms with Gasteiger partial charge in [0.2, 0.25) is 0 Å². The first-order valence-electron chi connectivity index (χ1n) is 5.13. The molecule has 17 heavy (non-hydrogen) atoms. The molecule has 1 aromatic heterocycles. The summed E-state index contributed by atoms with van der Waals surface area (Å²) in [4.78, 5) is 15.5. The molecule has 0 bridgehead atoms. The second-order valence-electron chi connectivity index (χ2n) is 3.62. The molecule has 5 heteroatoms. The summed E-state index contributed by atoms with van der Waals surface area (Å²) in [6, 6.07) is 6.75. The molecule has 0 aliphatic carbocycles.